The number of hydrogen-bond donors (Lipinski definition) is 0. The number of carbonyl (C=O) groups excluding carboxylic acids is 1. The molecule has 0 atom stereocenters. The molecule has 0 bridgehead atoms. The highest BCUT2D eigenvalue weighted by atomic mass is 16.6. The number of furan rings is 1. The summed E-state index contributed by atoms with van der Waals surface area (Å²) in [6.45, 7) is 5.92. The van der Waals surface area contributed by atoms with Gasteiger partial charge in [-0.3, -0.25) is 4.79 Å². The summed E-state index contributed by atoms with van der Waals surface area (Å²) in [4.78, 5) is 16.6. The van der Waals surface area contributed by atoms with E-state index in [9.17, 15) is 4.79 Å². The van der Waals surface area contributed by atoms with Crippen LogP contribution in [0.3, 0.4) is 0 Å². The van der Waals surface area contributed by atoms with Crippen molar-refractivity contribution >= 4 is 27.7 Å². The Bertz CT molecular complexity index is 1120. The minimum absolute atomic E-state index is 0.0432. The minimum Gasteiger partial charge on any atom is -0.464 e. The van der Waals surface area contributed by atoms with Crippen LogP contribution in [-0.2, 0) is 28.0 Å². The number of hydrogen-bond acceptors (Lipinski definition) is 6. The van der Waals surface area contributed by atoms with Crippen molar-refractivity contribution < 1.29 is 18.5 Å². The highest BCUT2D eigenvalue weighted by molar-refractivity contribution is 6.08. The van der Waals surface area contributed by atoms with Crippen LogP contribution in [0.15, 0.2) is 51.6 Å². The smallest absolute Gasteiger partial charge is 0.310 e. The normalized spacial score (nSPS) is 12.0. The maximum atomic E-state index is 12.3. The van der Waals surface area contributed by atoms with Crippen LogP contribution in [0.5, 0.6) is 0 Å². The standard InChI is InChI=1S/C21H20N2O4/c1-21(2,3)20-22-17(27-23-20)12-26-18(24)10-14-11-25-16-9-8-13-6-4-5-7-15(13)19(14)16/h4-9,11H,10,12H2,1-3H3. The summed E-state index contributed by atoms with van der Waals surface area (Å²) >= 11 is 0. The van der Waals surface area contributed by atoms with Gasteiger partial charge in [-0.05, 0) is 16.8 Å². The van der Waals surface area contributed by atoms with E-state index in [4.69, 9.17) is 13.7 Å². The van der Waals surface area contributed by atoms with Crippen LogP contribution in [0.25, 0.3) is 21.7 Å². The third kappa shape index (κ3) is 3.43. The fraction of sp³-hybridized carbons (Fsp3) is 0.286. The molecule has 0 fully saturated rings. The molecule has 0 radical (unpaired) electrons. The fourth-order valence-electron chi connectivity index (χ4n) is 2.97. The van der Waals surface area contributed by atoms with Gasteiger partial charge in [-0.15, -0.1) is 0 Å². The van der Waals surface area contributed by atoms with Gasteiger partial charge in [-0.2, -0.15) is 4.98 Å². The number of esters is 1. The van der Waals surface area contributed by atoms with E-state index in [0.29, 0.717) is 5.82 Å². The minimum atomic E-state index is -0.374. The first-order valence-corrected chi connectivity index (χ1v) is 8.78. The van der Waals surface area contributed by atoms with Gasteiger partial charge in [-0.25, -0.2) is 0 Å². The molecule has 4 rings (SSSR count). The summed E-state index contributed by atoms with van der Waals surface area (Å²) in [6, 6.07) is 11.9. The average molecular weight is 364 g/mol. The first-order chi connectivity index (χ1) is 12.9. The van der Waals surface area contributed by atoms with E-state index in [2.05, 4.69) is 10.1 Å². The number of carbonyl (C=O) groups is 1. The van der Waals surface area contributed by atoms with Crippen LogP contribution >= 0.6 is 0 Å². The summed E-state index contributed by atoms with van der Waals surface area (Å²) in [5.74, 6) is 0.498. The number of nitrogens with zero attached hydrogens (tertiary/aromatic N) is 2. The van der Waals surface area contributed by atoms with Crippen molar-refractivity contribution in [3.05, 3.63) is 59.9 Å². The zero-order chi connectivity index (χ0) is 19.0. The summed E-state index contributed by atoms with van der Waals surface area (Å²) in [6.07, 6.45) is 1.73. The van der Waals surface area contributed by atoms with E-state index < -0.39 is 0 Å². The number of ether oxygens (including phenoxy) is 1. The summed E-state index contributed by atoms with van der Waals surface area (Å²) in [5.41, 5.74) is 1.33. The van der Waals surface area contributed by atoms with Crippen molar-refractivity contribution in [2.75, 3.05) is 0 Å². The largest absolute Gasteiger partial charge is 0.464 e. The molecule has 2 heterocycles. The molecule has 0 aliphatic heterocycles. The topological polar surface area (TPSA) is 78.4 Å². The molecule has 2 aromatic heterocycles. The predicted molar refractivity (Wildman–Crippen MR) is 100 cm³/mol. The molecular formula is C21H20N2O4. The van der Waals surface area contributed by atoms with E-state index in [0.717, 1.165) is 27.3 Å². The molecule has 0 aliphatic rings. The van der Waals surface area contributed by atoms with Crippen molar-refractivity contribution in [1.82, 2.24) is 10.1 Å². The third-order valence-corrected chi connectivity index (χ3v) is 4.37. The lowest BCUT2D eigenvalue weighted by Gasteiger charge is -2.10. The Morgan fingerprint density at radius 3 is 2.74 bits per heavy atom. The monoisotopic (exact) mass is 364 g/mol. The Morgan fingerprint density at radius 2 is 1.96 bits per heavy atom. The fourth-order valence-corrected chi connectivity index (χ4v) is 2.97. The van der Waals surface area contributed by atoms with Gasteiger partial charge in [0.1, 0.15) is 5.58 Å². The summed E-state index contributed by atoms with van der Waals surface area (Å²) in [7, 11) is 0. The quantitative estimate of drug-likeness (QED) is 0.494. The van der Waals surface area contributed by atoms with Crippen molar-refractivity contribution in [2.45, 2.75) is 39.2 Å². The zero-order valence-electron chi connectivity index (χ0n) is 15.5. The molecule has 6 nitrogen and oxygen atoms in total. The maximum absolute atomic E-state index is 12.3. The third-order valence-electron chi connectivity index (χ3n) is 4.37. The lowest BCUT2D eigenvalue weighted by Crippen LogP contribution is -2.13. The van der Waals surface area contributed by atoms with Gasteiger partial charge in [0.25, 0.3) is 5.89 Å². The Morgan fingerprint density at radius 1 is 1.15 bits per heavy atom. The number of benzene rings is 2. The number of rotatable bonds is 4. The molecule has 0 unspecified atom stereocenters. The van der Waals surface area contributed by atoms with Gasteiger partial charge >= 0.3 is 5.97 Å². The molecule has 0 saturated carbocycles. The van der Waals surface area contributed by atoms with Crippen molar-refractivity contribution in [3.63, 3.8) is 0 Å². The number of aromatic nitrogens is 2. The second-order valence-electron chi connectivity index (χ2n) is 7.52. The Balaban J connectivity index is 1.50. The lowest BCUT2D eigenvalue weighted by atomic mass is 9.96. The Kier molecular flexibility index (Phi) is 4.18. The molecule has 0 N–H and O–H groups in total. The van der Waals surface area contributed by atoms with E-state index >= 15 is 0 Å². The zero-order valence-corrected chi connectivity index (χ0v) is 15.5. The van der Waals surface area contributed by atoms with Gasteiger partial charge in [0, 0.05) is 16.4 Å². The SMILES string of the molecule is CC(C)(C)c1noc(COC(=O)Cc2coc3ccc4ccccc4c23)n1. The van der Waals surface area contributed by atoms with Crippen LogP contribution < -0.4 is 0 Å². The van der Waals surface area contributed by atoms with Gasteiger partial charge in [0.05, 0.1) is 12.7 Å². The van der Waals surface area contributed by atoms with Gasteiger partial charge in [0.2, 0.25) is 0 Å². The van der Waals surface area contributed by atoms with Gasteiger partial charge < -0.3 is 13.7 Å². The van der Waals surface area contributed by atoms with Crippen LogP contribution in [-0.4, -0.2) is 16.1 Å². The first-order valence-electron chi connectivity index (χ1n) is 8.78. The molecule has 0 amide bonds. The molecule has 0 saturated heterocycles. The number of fused-ring (bicyclic) bond motifs is 3. The molecule has 0 spiro atoms. The Labute approximate surface area is 156 Å². The van der Waals surface area contributed by atoms with Crippen LogP contribution in [0.2, 0.25) is 0 Å². The molecule has 27 heavy (non-hydrogen) atoms. The average Bonchev–Trinajstić information content (AvgIpc) is 3.27. The van der Waals surface area contributed by atoms with E-state index in [1.54, 1.807) is 6.26 Å². The second kappa shape index (κ2) is 6.54. The van der Waals surface area contributed by atoms with Crippen molar-refractivity contribution in [1.29, 1.82) is 0 Å². The predicted octanol–water partition coefficient (Wildman–Crippen LogP) is 4.55. The molecule has 138 valence electrons. The highest BCUT2D eigenvalue weighted by Gasteiger charge is 2.21. The van der Waals surface area contributed by atoms with Crippen LogP contribution in [0.4, 0.5) is 0 Å². The molecule has 2 aromatic carbocycles. The van der Waals surface area contributed by atoms with Crippen LogP contribution in [0, 0.1) is 0 Å². The van der Waals surface area contributed by atoms with Crippen LogP contribution in [0.1, 0.15) is 38.0 Å². The first kappa shape index (κ1) is 17.3. The maximum Gasteiger partial charge on any atom is 0.310 e. The van der Waals surface area contributed by atoms with E-state index in [1.807, 2.05) is 57.2 Å². The Hall–Kier alpha value is -3.15. The van der Waals surface area contributed by atoms with E-state index in [-0.39, 0.29) is 30.3 Å². The summed E-state index contributed by atoms with van der Waals surface area (Å²) < 4.78 is 16.1. The van der Waals surface area contributed by atoms with Crippen molar-refractivity contribution in [3.8, 4) is 0 Å². The second-order valence-corrected chi connectivity index (χ2v) is 7.52. The van der Waals surface area contributed by atoms with Gasteiger partial charge in [-0.1, -0.05) is 56.3 Å². The lowest BCUT2D eigenvalue weighted by molar-refractivity contribution is -0.144. The van der Waals surface area contributed by atoms with Crippen molar-refractivity contribution in [2.24, 2.45) is 0 Å². The van der Waals surface area contributed by atoms with E-state index in [1.165, 1.54) is 0 Å². The highest BCUT2D eigenvalue weighted by Crippen LogP contribution is 2.30. The van der Waals surface area contributed by atoms with Gasteiger partial charge in [0.15, 0.2) is 12.4 Å². The molecule has 6 heteroatoms. The molecule has 4 aromatic rings. The molecular weight excluding hydrogens is 344 g/mol. The molecule has 0 aliphatic carbocycles. The summed E-state index contributed by atoms with van der Waals surface area (Å²) in [5, 5.41) is 7.02.